The molecule has 10 heteroatoms. The van der Waals surface area contributed by atoms with E-state index in [1.807, 2.05) is 12.1 Å². The van der Waals surface area contributed by atoms with Crippen LogP contribution < -0.4 is 16.4 Å². The molecule has 1 saturated heterocycles. The lowest BCUT2D eigenvalue weighted by atomic mass is 9.90. The van der Waals surface area contributed by atoms with Gasteiger partial charge in [0.1, 0.15) is 5.82 Å². The molecule has 2 aromatic rings. The van der Waals surface area contributed by atoms with E-state index in [2.05, 4.69) is 15.6 Å². The van der Waals surface area contributed by atoms with E-state index in [9.17, 15) is 4.79 Å². The molecule has 3 fully saturated rings. The van der Waals surface area contributed by atoms with Gasteiger partial charge in [0.25, 0.3) is 5.91 Å². The summed E-state index contributed by atoms with van der Waals surface area (Å²) in [6.07, 6.45) is 12.9. The minimum atomic E-state index is -0.225. The largest absolute Gasteiger partial charge is 0.368 e. The van der Waals surface area contributed by atoms with Crippen molar-refractivity contribution >= 4 is 40.2 Å². The van der Waals surface area contributed by atoms with Gasteiger partial charge in [-0.3, -0.25) is 9.63 Å². The molecule has 4 N–H and O–H groups in total. The van der Waals surface area contributed by atoms with Crippen molar-refractivity contribution in [2.75, 3.05) is 18.5 Å². The fourth-order valence-electron chi connectivity index (χ4n) is 5.61. The van der Waals surface area contributed by atoms with Crippen molar-refractivity contribution in [3.63, 3.8) is 0 Å². The maximum atomic E-state index is 13.2. The number of anilines is 1. The third-order valence-electron chi connectivity index (χ3n) is 7.66. The van der Waals surface area contributed by atoms with Gasteiger partial charge in [0.2, 0.25) is 11.8 Å². The van der Waals surface area contributed by atoms with Crippen molar-refractivity contribution < 1.29 is 9.63 Å². The topological polar surface area (TPSA) is 118 Å². The third-order valence-corrected chi connectivity index (χ3v) is 7.89. The molecule has 0 bridgehead atoms. The summed E-state index contributed by atoms with van der Waals surface area (Å²) in [7, 11) is 0. The van der Waals surface area contributed by atoms with E-state index >= 15 is 0 Å². The number of nitrogens with zero attached hydrogens (tertiary/aromatic N) is 4. The van der Waals surface area contributed by atoms with Crippen LogP contribution in [0.25, 0.3) is 10.9 Å². The smallest absolute Gasteiger partial charge is 0.289 e. The van der Waals surface area contributed by atoms with Gasteiger partial charge < -0.3 is 16.4 Å². The third kappa shape index (κ3) is 6.62. The molecule has 1 aromatic carbocycles. The molecule has 1 aliphatic heterocycles. The highest BCUT2D eigenvalue weighted by atomic mass is 35.5. The second-order valence-corrected chi connectivity index (χ2v) is 10.9. The first kappa shape index (κ1) is 26.0. The summed E-state index contributed by atoms with van der Waals surface area (Å²) in [5, 5.41) is 9.89. The first-order valence-electron chi connectivity index (χ1n) is 13.9. The zero-order chi connectivity index (χ0) is 25.6. The van der Waals surface area contributed by atoms with Crippen molar-refractivity contribution in [2.24, 2.45) is 10.7 Å². The van der Waals surface area contributed by atoms with Crippen molar-refractivity contribution in [1.29, 1.82) is 0 Å². The van der Waals surface area contributed by atoms with Gasteiger partial charge in [-0.1, -0.05) is 50.1 Å². The zero-order valence-corrected chi connectivity index (χ0v) is 22.2. The second-order valence-electron chi connectivity index (χ2n) is 10.5. The number of rotatable bonds is 5. The van der Waals surface area contributed by atoms with Crippen molar-refractivity contribution in [2.45, 2.75) is 95.2 Å². The summed E-state index contributed by atoms with van der Waals surface area (Å²) in [6, 6.07) is 5.66. The molecule has 37 heavy (non-hydrogen) atoms. The Morgan fingerprint density at radius 3 is 2.59 bits per heavy atom. The number of halogens is 1. The predicted octanol–water partition coefficient (Wildman–Crippen LogP) is 4.80. The summed E-state index contributed by atoms with van der Waals surface area (Å²) in [5.74, 6) is 0.992. The molecular formula is C27H38ClN7O2. The number of hydroxylamine groups is 2. The molecule has 200 valence electrons. The molecule has 2 heterocycles. The molecule has 1 aromatic heterocycles. The Balaban J connectivity index is 1.40. The number of benzene rings is 1. The molecule has 0 unspecified atom stereocenters. The monoisotopic (exact) mass is 527 g/mol. The number of carbonyl (C=O) groups excluding carboxylic acids is 1. The number of fused-ring (bicyclic) bond motifs is 1. The van der Waals surface area contributed by atoms with Crippen LogP contribution in [-0.4, -0.2) is 58.2 Å². The van der Waals surface area contributed by atoms with Gasteiger partial charge in [-0.15, -0.1) is 0 Å². The number of hydrogen-bond donors (Lipinski definition) is 3. The number of amides is 1. The number of hydrogen-bond acceptors (Lipinski definition) is 6. The van der Waals surface area contributed by atoms with Crippen LogP contribution in [0.4, 0.5) is 5.82 Å². The highest BCUT2D eigenvalue weighted by Crippen LogP contribution is 2.29. The van der Waals surface area contributed by atoms with Gasteiger partial charge in [-0.05, 0) is 56.7 Å². The summed E-state index contributed by atoms with van der Waals surface area (Å²) in [5.41, 5.74) is 7.02. The summed E-state index contributed by atoms with van der Waals surface area (Å²) in [4.78, 5) is 33.1. The Morgan fingerprint density at radius 2 is 1.81 bits per heavy atom. The van der Waals surface area contributed by atoms with Gasteiger partial charge in [0, 0.05) is 23.0 Å². The first-order chi connectivity index (χ1) is 18.1. The Labute approximate surface area is 223 Å². The Hall–Kier alpha value is -2.65. The number of nitrogens with two attached hydrogens (primary N) is 1. The van der Waals surface area contributed by atoms with Crippen LogP contribution in [0.5, 0.6) is 0 Å². The van der Waals surface area contributed by atoms with Crippen LogP contribution in [-0.2, 0) is 4.84 Å². The van der Waals surface area contributed by atoms with E-state index in [0.717, 1.165) is 76.1 Å². The van der Waals surface area contributed by atoms with Crippen LogP contribution in [0.3, 0.4) is 0 Å². The maximum absolute atomic E-state index is 13.2. The van der Waals surface area contributed by atoms with Gasteiger partial charge in [-0.2, -0.15) is 0 Å². The lowest BCUT2D eigenvalue weighted by Crippen LogP contribution is -2.44. The number of guanidine groups is 1. The van der Waals surface area contributed by atoms with E-state index in [-0.39, 0.29) is 29.9 Å². The molecule has 5 rings (SSSR count). The van der Waals surface area contributed by atoms with E-state index in [1.54, 1.807) is 11.1 Å². The Bertz CT molecular complexity index is 1110. The molecule has 9 nitrogen and oxygen atoms in total. The van der Waals surface area contributed by atoms with Crippen LogP contribution in [0, 0.1) is 0 Å². The number of aromatic nitrogens is 2. The number of carbonyl (C=O) groups is 1. The zero-order valence-electron chi connectivity index (χ0n) is 21.4. The molecule has 2 atom stereocenters. The van der Waals surface area contributed by atoms with Gasteiger partial charge in [0.15, 0.2) is 0 Å². The van der Waals surface area contributed by atoms with Crippen molar-refractivity contribution in [3.8, 4) is 0 Å². The summed E-state index contributed by atoms with van der Waals surface area (Å²) >= 11 is 6.34. The normalized spacial score (nSPS) is 24.0. The Kier molecular flexibility index (Phi) is 8.61. The van der Waals surface area contributed by atoms with Crippen LogP contribution >= 0.6 is 11.6 Å². The van der Waals surface area contributed by atoms with E-state index < -0.39 is 0 Å². The first-order valence-corrected chi connectivity index (χ1v) is 14.2. The average Bonchev–Trinajstić information content (AvgIpc) is 3.19. The summed E-state index contributed by atoms with van der Waals surface area (Å²) in [6.45, 7) is 1.43. The minimum Gasteiger partial charge on any atom is -0.368 e. The fourth-order valence-corrected chi connectivity index (χ4v) is 5.78. The van der Waals surface area contributed by atoms with Gasteiger partial charge in [-0.25, -0.2) is 20.0 Å². The lowest BCUT2D eigenvalue weighted by Gasteiger charge is -2.32. The minimum absolute atomic E-state index is 0.0203. The molecule has 0 radical (unpaired) electrons. The quantitative estimate of drug-likeness (QED) is 0.290. The van der Waals surface area contributed by atoms with E-state index in [1.165, 1.54) is 12.8 Å². The van der Waals surface area contributed by atoms with E-state index in [4.69, 9.17) is 32.1 Å². The second kappa shape index (κ2) is 12.3. The SMILES string of the molecule is NC(=N[C@@H]1CCCC[C@@H]1Nc1nc(C(=O)NC2CCCCCC2)nc2ccc(Cl)cc12)N1CCCCO1. The number of aliphatic imine (C=N–C) groups is 1. The maximum Gasteiger partial charge on any atom is 0.289 e. The van der Waals surface area contributed by atoms with Crippen LogP contribution in [0.2, 0.25) is 5.02 Å². The molecule has 3 aliphatic rings. The molecular weight excluding hydrogens is 490 g/mol. The van der Waals surface area contributed by atoms with Crippen molar-refractivity contribution in [3.05, 3.63) is 29.0 Å². The predicted molar refractivity (Wildman–Crippen MR) is 147 cm³/mol. The lowest BCUT2D eigenvalue weighted by molar-refractivity contribution is -0.124. The molecule has 0 spiro atoms. The standard InChI is InChI=1S/C27H38ClN7O2/c28-18-13-14-21-20(17-18)24(34-25(31-21)26(36)30-19-9-3-1-2-4-10-19)32-22-11-5-6-12-23(22)33-27(29)35-15-7-8-16-37-35/h13-14,17,19,22-23H,1-12,15-16H2,(H2,29,33)(H,30,36)(H,31,32,34)/t22-,23+/m0/s1. The van der Waals surface area contributed by atoms with Gasteiger partial charge >= 0.3 is 0 Å². The van der Waals surface area contributed by atoms with Crippen LogP contribution in [0.15, 0.2) is 23.2 Å². The molecule has 2 aliphatic carbocycles. The average molecular weight is 528 g/mol. The summed E-state index contributed by atoms with van der Waals surface area (Å²) < 4.78 is 0. The Morgan fingerprint density at radius 1 is 1.03 bits per heavy atom. The van der Waals surface area contributed by atoms with Crippen molar-refractivity contribution in [1.82, 2.24) is 20.3 Å². The van der Waals surface area contributed by atoms with Gasteiger partial charge in [0.05, 0.1) is 24.2 Å². The molecule has 1 amide bonds. The van der Waals surface area contributed by atoms with E-state index in [0.29, 0.717) is 28.9 Å². The molecule has 2 saturated carbocycles. The number of nitrogens with one attached hydrogen (secondary N) is 2. The highest BCUT2D eigenvalue weighted by molar-refractivity contribution is 6.31. The fraction of sp³-hybridized carbons (Fsp3) is 0.630. The van der Waals surface area contributed by atoms with Crippen LogP contribution in [0.1, 0.15) is 87.7 Å². The highest BCUT2D eigenvalue weighted by Gasteiger charge is 2.28.